The van der Waals surface area contributed by atoms with Gasteiger partial charge in [0, 0.05) is 196 Å². The van der Waals surface area contributed by atoms with Crippen LogP contribution in [-0.2, 0) is 201 Å². The van der Waals surface area contributed by atoms with Crippen molar-refractivity contribution in [2.45, 2.75) is 27.7 Å². The van der Waals surface area contributed by atoms with Gasteiger partial charge in [0.2, 0.25) is 0 Å². The van der Waals surface area contributed by atoms with Crippen molar-refractivity contribution in [3.05, 3.63) is 40.0 Å². The van der Waals surface area contributed by atoms with Crippen LogP contribution in [0.5, 0.6) is 0 Å². The van der Waals surface area contributed by atoms with Gasteiger partial charge in [0.25, 0.3) is 0 Å². The standard InChI is InChI=1S/C14H17N3O.6Y/c1-8-7-12(11(4)10(3)9(8)2)5-6-13(18)17-14(15)16;;;;;;/h5H,1-4H3,(H4,15,16,17,18);;;;;;/q-2;;;;;;. The predicted octanol–water partition coefficient (Wildman–Crippen LogP) is 1.32. The summed E-state index contributed by atoms with van der Waals surface area (Å²) in [7, 11) is 0. The summed E-state index contributed by atoms with van der Waals surface area (Å²) >= 11 is 0. The molecule has 10 heteroatoms. The van der Waals surface area contributed by atoms with Crippen LogP contribution in [0, 0.1) is 39.8 Å². The molecule has 0 bridgehead atoms. The molecule has 0 aliphatic carbocycles. The van der Waals surface area contributed by atoms with Crippen LogP contribution < -0.4 is 11.5 Å². The Labute approximate surface area is 296 Å². The molecule has 0 heterocycles. The number of carbonyl (C=O) groups excluding carboxylic acids is 1. The van der Waals surface area contributed by atoms with E-state index in [4.69, 9.17) is 11.5 Å². The summed E-state index contributed by atoms with van der Waals surface area (Å²) in [5, 5.41) is 0. The van der Waals surface area contributed by atoms with Crippen molar-refractivity contribution in [2.75, 3.05) is 0 Å². The summed E-state index contributed by atoms with van der Waals surface area (Å²) in [4.78, 5) is 14.6. The first-order chi connectivity index (χ1) is 8.32. The number of benzene rings is 1. The Balaban J connectivity index is -0.000000135. The van der Waals surface area contributed by atoms with Gasteiger partial charge in [-0.1, -0.05) is 27.7 Å². The number of rotatable bonds is 2. The van der Waals surface area contributed by atoms with Crippen LogP contribution in [0.2, 0.25) is 0 Å². The summed E-state index contributed by atoms with van der Waals surface area (Å²) in [6.45, 7) is 8.06. The molecule has 0 fully saturated rings. The number of aryl methyl sites for hydroxylation is 1. The van der Waals surface area contributed by atoms with E-state index in [0.29, 0.717) is 0 Å². The third kappa shape index (κ3) is 15.4. The van der Waals surface area contributed by atoms with Crippen LogP contribution in [0.15, 0.2) is 4.99 Å². The third-order valence-electron chi connectivity index (χ3n) is 2.98. The van der Waals surface area contributed by atoms with Gasteiger partial charge in [-0.25, -0.2) is 17.7 Å². The minimum Gasteiger partial charge on any atom is -0.370 e. The number of carbonyl (C=O) groups is 1. The van der Waals surface area contributed by atoms with Gasteiger partial charge < -0.3 is 23.1 Å². The van der Waals surface area contributed by atoms with Crippen LogP contribution in [0.4, 0.5) is 0 Å². The van der Waals surface area contributed by atoms with E-state index in [1.165, 1.54) is 11.1 Å². The second kappa shape index (κ2) is 22.2. The molecule has 0 aliphatic rings. The Kier molecular flexibility index (Phi) is 39.4. The monoisotopic (exact) mass is 777 g/mol. The summed E-state index contributed by atoms with van der Waals surface area (Å²) in [6.07, 6.45) is 4.06. The fourth-order valence-corrected chi connectivity index (χ4v) is 1.58. The molecule has 114 valence electrons. The van der Waals surface area contributed by atoms with E-state index in [0.717, 1.165) is 16.7 Å². The second-order valence-corrected chi connectivity index (χ2v) is 4.17. The van der Waals surface area contributed by atoms with Crippen LogP contribution >= 0.6 is 0 Å². The molecule has 0 saturated carbocycles. The van der Waals surface area contributed by atoms with E-state index in [-0.39, 0.29) is 202 Å². The van der Waals surface area contributed by atoms with Gasteiger partial charge in [0.1, 0.15) is 0 Å². The Hall–Kier alpha value is 4.52. The van der Waals surface area contributed by atoms with E-state index in [1.807, 2.05) is 20.8 Å². The van der Waals surface area contributed by atoms with Gasteiger partial charge in [-0.3, -0.25) is 4.79 Å². The molecule has 0 aromatic heterocycles. The smallest absolute Gasteiger partial charge is 0.192 e. The fourth-order valence-electron chi connectivity index (χ4n) is 1.58. The third-order valence-corrected chi connectivity index (χ3v) is 2.98. The number of hydrogen-bond donors (Lipinski definition) is 2. The molecule has 1 rings (SSSR count). The van der Waals surface area contributed by atoms with Crippen molar-refractivity contribution in [3.63, 3.8) is 0 Å². The first-order valence-corrected chi connectivity index (χ1v) is 5.56. The SMILES string of the molecule is Cc1[c-]c(C=[C-]C(=O)N=C(N)N)c(C)c(C)c1C.[Y].[Y].[Y].[Y].[Y].[Y]. The average Bonchev–Trinajstić information content (AvgIpc) is 2.28. The average molecular weight is 777 g/mol. The second-order valence-electron chi connectivity index (χ2n) is 4.17. The fraction of sp³-hybridized carbons (Fsp3) is 0.286. The Bertz CT molecular complexity index is 558. The van der Waals surface area contributed by atoms with Gasteiger partial charge in [-0.05, 0) is 0 Å². The molecule has 1 aromatic carbocycles. The first kappa shape index (κ1) is 42.6. The van der Waals surface area contributed by atoms with Gasteiger partial charge in [0.15, 0.2) is 11.9 Å². The summed E-state index contributed by atoms with van der Waals surface area (Å²) in [6, 6.07) is 3.21. The van der Waals surface area contributed by atoms with Crippen molar-refractivity contribution in [1.29, 1.82) is 0 Å². The zero-order valence-electron chi connectivity index (χ0n) is 14.6. The maximum Gasteiger partial charge on any atom is 0.192 e. The number of nitrogens with two attached hydrogens (primary N) is 2. The van der Waals surface area contributed by atoms with Gasteiger partial charge in [-0.2, -0.15) is 10.6 Å². The first-order valence-electron chi connectivity index (χ1n) is 5.56. The largest absolute Gasteiger partial charge is 0.370 e. The van der Waals surface area contributed by atoms with E-state index in [9.17, 15) is 4.79 Å². The number of amides is 1. The molecule has 1 amide bonds. The molecule has 6 radical (unpaired) electrons. The summed E-state index contributed by atoms with van der Waals surface area (Å²) in [5.74, 6) is -0.864. The minimum absolute atomic E-state index is 0. The zero-order valence-corrected chi connectivity index (χ0v) is 31.6. The zero-order chi connectivity index (χ0) is 13.9. The van der Waals surface area contributed by atoms with Crippen molar-refractivity contribution >= 4 is 17.9 Å². The normalized spacial score (nSPS) is 8.00. The van der Waals surface area contributed by atoms with Crippen LogP contribution in [-0.4, -0.2) is 11.9 Å². The molecule has 1 aromatic rings. The molecule has 4 nitrogen and oxygen atoms in total. The van der Waals surface area contributed by atoms with Crippen LogP contribution in [0.1, 0.15) is 27.8 Å². The van der Waals surface area contributed by atoms with Crippen molar-refractivity contribution in [2.24, 2.45) is 16.5 Å². The van der Waals surface area contributed by atoms with Crippen molar-refractivity contribution in [1.82, 2.24) is 0 Å². The molecule has 4 N–H and O–H groups in total. The van der Waals surface area contributed by atoms with Gasteiger partial charge in [-0.15, -0.1) is 11.1 Å². The Morgan fingerprint density at radius 3 is 1.79 bits per heavy atom. The minimum atomic E-state index is -0.598. The van der Waals surface area contributed by atoms with Crippen LogP contribution in [0.25, 0.3) is 6.08 Å². The molecule has 0 spiro atoms. The maximum atomic E-state index is 11.3. The molecule has 0 saturated heterocycles. The summed E-state index contributed by atoms with van der Waals surface area (Å²) in [5.41, 5.74) is 15.6. The quantitative estimate of drug-likeness (QED) is 0.206. The van der Waals surface area contributed by atoms with E-state index in [1.54, 1.807) is 6.08 Å². The molecular weight excluding hydrogens is 760 g/mol. The number of nitrogens with zero attached hydrogens (tertiary/aromatic N) is 1. The van der Waals surface area contributed by atoms with E-state index < -0.39 is 5.91 Å². The Morgan fingerprint density at radius 2 is 1.38 bits per heavy atom. The molecular formula is C14H17N3OY6-2. The number of hydrogen-bond acceptors (Lipinski definition) is 1. The number of guanidine groups is 1. The predicted molar refractivity (Wildman–Crippen MR) is 72.7 cm³/mol. The topological polar surface area (TPSA) is 81.5 Å². The van der Waals surface area contributed by atoms with E-state index >= 15 is 0 Å². The van der Waals surface area contributed by atoms with Gasteiger partial charge >= 0.3 is 0 Å². The molecule has 0 unspecified atom stereocenters. The molecule has 0 aliphatic heterocycles. The Morgan fingerprint density at radius 1 is 0.917 bits per heavy atom. The van der Waals surface area contributed by atoms with E-state index in [2.05, 4.69) is 24.1 Å². The van der Waals surface area contributed by atoms with Crippen molar-refractivity contribution in [3.8, 4) is 0 Å². The van der Waals surface area contributed by atoms with Crippen LogP contribution in [0.3, 0.4) is 0 Å². The summed E-state index contributed by atoms with van der Waals surface area (Å²) < 4.78 is 0. The van der Waals surface area contributed by atoms with Crippen molar-refractivity contribution < 1.29 is 201 Å². The molecule has 0 atom stereocenters. The maximum absolute atomic E-state index is 11.3. The number of aliphatic imine (C=N–C) groups is 1. The van der Waals surface area contributed by atoms with Gasteiger partial charge in [0.05, 0.1) is 0 Å². The molecule has 24 heavy (non-hydrogen) atoms.